The van der Waals surface area contributed by atoms with E-state index in [2.05, 4.69) is 9.97 Å². The first-order chi connectivity index (χ1) is 12.9. The summed E-state index contributed by atoms with van der Waals surface area (Å²) in [5.74, 6) is 1.04. The Morgan fingerprint density at radius 2 is 2.04 bits per heavy atom. The molecule has 9 heteroatoms. The number of nitrogens with zero attached hydrogens (tertiary/aromatic N) is 3. The first kappa shape index (κ1) is 18.9. The molecular weight excluding hydrogens is 361 g/mol. The van der Waals surface area contributed by atoms with E-state index in [0.717, 1.165) is 5.56 Å². The smallest absolute Gasteiger partial charge is 0.405 e. The van der Waals surface area contributed by atoms with Crippen LogP contribution in [0.3, 0.4) is 0 Å². The van der Waals surface area contributed by atoms with E-state index >= 15 is 0 Å². The maximum absolute atomic E-state index is 12.4. The molecule has 0 bridgehead atoms. The van der Waals surface area contributed by atoms with Crippen LogP contribution in [0.25, 0.3) is 11.4 Å². The zero-order chi connectivity index (χ0) is 19.4. The van der Waals surface area contributed by atoms with Crippen molar-refractivity contribution in [1.82, 2.24) is 15.3 Å². The minimum absolute atomic E-state index is 0.469. The molecule has 1 atom stereocenters. The third-order valence-corrected chi connectivity index (χ3v) is 4.30. The highest BCUT2D eigenvalue weighted by atomic mass is 19.4. The van der Waals surface area contributed by atoms with Gasteiger partial charge in [-0.1, -0.05) is 0 Å². The summed E-state index contributed by atoms with van der Waals surface area (Å²) in [4.78, 5) is 22.7. The minimum Gasteiger partial charge on any atom is -0.497 e. The van der Waals surface area contributed by atoms with E-state index in [4.69, 9.17) is 4.74 Å². The number of halogens is 3. The molecule has 1 aliphatic heterocycles. The number of amides is 1. The number of aromatic nitrogens is 2. The monoisotopic (exact) mass is 380 g/mol. The largest absolute Gasteiger partial charge is 0.497 e. The highest BCUT2D eigenvalue weighted by molar-refractivity contribution is 5.85. The highest BCUT2D eigenvalue weighted by Gasteiger charge is 2.34. The summed E-state index contributed by atoms with van der Waals surface area (Å²) in [5.41, 5.74) is 0.773. The predicted molar refractivity (Wildman–Crippen MR) is 93.5 cm³/mol. The third-order valence-electron chi connectivity index (χ3n) is 4.30. The van der Waals surface area contributed by atoms with Crippen molar-refractivity contribution >= 4 is 11.7 Å². The lowest BCUT2D eigenvalue weighted by Gasteiger charge is -2.25. The van der Waals surface area contributed by atoms with E-state index in [9.17, 15) is 18.0 Å². The van der Waals surface area contributed by atoms with Crippen LogP contribution in [-0.4, -0.2) is 48.3 Å². The Bertz CT molecular complexity index is 796. The quantitative estimate of drug-likeness (QED) is 0.864. The van der Waals surface area contributed by atoms with Gasteiger partial charge in [0.1, 0.15) is 24.2 Å². The number of nitrogens with one attached hydrogen (secondary N) is 1. The van der Waals surface area contributed by atoms with Gasteiger partial charge in [-0.05, 0) is 43.2 Å². The SMILES string of the molecule is COc1ccc(-c2nccc(N3CCC[C@@H]3C(=O)NCC(F)(F)F)n2)cc1. The number of anilines is 1. The van der Waals surface area contributed by atoms with Gasteiger partial charge in [0.05, 0.1) is 7.11 Å². The van der Waals surface area contributed by atoms with Gasteiger partial charge in [0.15, 0.2) is 5.82 Å². The van der Waals surface area contributed by atoms with Crippen molar-refractivity contribution in [3.05, 3.63) is 36.5 Å². The van der Waals surface area contributed by atoms with Gasteiger partial charge in [-0.15, -0.1) is 0 Å². The molecule has 2 aromatic rings. The minimum atomic E-state index is -4.43. The Hall–Kier alpha value is -2.84. The molecular formula is C18H19F3N4O2. The fraction of sp³-hybridized carbons (Fsp3) is 0.389. The van der Waals surface area contributed by atoms with Gasteiger partial charge in [-0.3, -0.25) is 4.79 Å². The van der Waals surface area contributed by atoms with Crippen LogP contribution in [0.15, 0.2) is 36.5 Å². The fourth-order valence-corrected chi connectivity index (χ4v) is 3.01. The molecule has 0 spiro atoms. The molecule has 3 rings (SSSR count). The van der Waals surface area contributed by atoms with Gasteiger partial charge in [0.25, 0.3) is 0 Å². The topological polar surface area (TPSA) is 67.3 Å². The molecule has 2 heterocycles. The highest BCUT2D eigenvalue weighted by Crippen LogP contribution is 2.26. The summed E-state index contributed by atoms with van der Waals surface area (Å²) in [6.07, 6.45) is -1.68. The zero-order valence-corrected chi connectivity index (χ0v) is 14.7. The summed E-state index contributed by atoms with van der Waals surface area (Å²) in [5, 5.41) is 1.96. The predicted octanol–water partition coefficient (Wildman–Crippen LogP) is 2.80. The molecule has 1 aromatic heterocycles. The Kier molecular flexibility index (Phi) is 5.48. The number of hydrogen-bond donors (Lipinski definition) is 1. The number of ether oxygens (including phenoxy) is 1. The van der Waals surface area contributed by atoms with Crippen molar-refractivity contribution in [2.45, 2.75) is 25.1 Å². The average Bonchev–Trinajstić information content (AvgIpc) is 3.16. The molecule has 0 unspecified atom stereocenters. The summed E-state index contributed by atoms with van der Waals surface area (Å²) < 4.78 is 42.2. The number of carbonyl (C=O) groups is 1. The maximum atomic E-state index is 12.4. The Morgan fingerprint density at radius 1 is 1.30 bits per heavy atom. The molecule has 0 radical (unpaired) electrons. The molecule has 1 aromatic carbocycles. The van der Waals surface area contributed by atoms with E-state index in [1.165, 1.54) is 0 Å². The second-order valence-electron chi connectivity index (χ2n) is 6.15. The fourth-order valence-electron chi connectivity index (χ4n) is 3.01. The first-order valence-electron chi connectivity index (χ1n) is 8.46. The average molecular weight is 380 g/mol. The van der Waals surface area contributed by atoms with Gasteiger partial charge in [-0.2, -0.15) is 13.2 Å². The van der Waals surface area contributed by atoms with Crippen molar-refractivity contribution in [2.75, 3.05) is 25.1 Å². The third kappa shape index (κ3) is 4.66. The van der Waals surface area contributed by atoms with E-state index in [1.54, 1.807) is 36.4 Å². The Labute approximate surface area is 154 Å². The van der Waals surface area contributed by atoms with Gasteiger partial charge in [0, 0.05) is 18.3 Å². The lowest BCUT2D eigenvalue weighted by atomic mass is 10.2. The number of methoxy groups -OCH3 is 1. The number of alkyl halides is 3. The maximum Gasteiger partial charge on any atom is 0.405 e. The van der Waals surface area contributed by atoms with E-state index < -0.39 is 24.7 Å². The first-order valence-corrected chi connectivity index (χ1v) is 8.46. The summed E-state index contributed by atoms with van der Waals surface area (Å²) in [6, 6.07) is 8.18. The molecule has 0 saturated carbocycles. The molecule has 144 valence electrons. The molecule has 1 saturated heterocycles. The van der Waals surface area contributed by atoms with Gasteiger partial charge in [-0.25, -0.2) is 9.97 Å². The van der Waals surface area contributed by atoms with E-state index in [-0.39, 0.29) is 0 Å². The van der Waals surface area contributed by atoms with E-state index in [0.29, 0.717) is 36.8 Å². The lowest BCUT2D eigenvalue weighted by molar-refractivity contribution is -0.139. The Morgan fingerprint density at radius 3 is 2.70 bits per heavy atom. The molecule has 1 amide bonds. The zero-order valence-electron chi connectivity index (χ0n) is 14.7. The summed E-state index contributed by atoms with van der Waals surface area (Å²) in [7, 11) is 1.57. The van der Waals surface area contributed by atoms with Crippen molar-refractivity contribution in [3.63, 3.8) is 0 Å². The number of rotatable bonds is 5. The number of carbonyl (C=O) groups excluding carboxylic acids is 1. The lowest BCUT2D eigenvalue weighted by Crippen LogP contribution is -2.46. The number of benzene rings is 1. The van der Waals surface area contributed by atoms with Crippen LogP contribution in [0.2, 0.25) is 0 Å². The van der Waals surface area contributed by atoms with Crippen LogP contribution >= 0.6 is 0 Å². The normalized spacial score (nSPS) is 17.0. The van der Waals surface area contributed by atoms with Crippen molar-refractivity contribution in [1.29, 1.82) is 0 Å². The standard InChI is InChI=1S/C18H19F3N4O2/c1-27-13-6-4-12(5-7-13)16-22-9-8-15(24-16)25-10-2-3-14(25)17(26)23-11-18(19,20)21/h4-9,14H,2-3,10-11H2,1H3,(H,23,26)/t14-/m1/s1. The van der Waals surface area contributed by atoms with Crippen molar-refractivity contribution in [3.8, 4) is 17.1 Å². The molecule has 1 N–H and O–H groups in total. The second-order valence-corrected chi connectivity index (χ2v) is 6.15. The summed E-state index contributed by atoms with van der Waals surface area (Å²) in [6.45, 7) is -0.791. The van der Waals surface area contributed by atoms with Crippen LogP contribution in [0, 0.1) is 0 Å². The van der Waals surface area contributed by atoms with Crippen molar-refractivity contribution < 1.29 is 22.7 Å². The summed E-state index contributed by atoms with van der Waals surface area (Å²) >= 11 is 0. The van der Waals surface area contributed by atoms with Gasteiger partial charge < -0.3 is 15.0 Å². The van der Waals surface area contributed by atoms with Crippen molar-refractivity contribution in [2.24, 2.45) is 0 Å². The molecule has 1 fully saturated rings. The van der Waals surface area contributed by atoms with Crippen LogP contribution in [0.4, 0.5) is 19.0 Å². The van der Waals surface area contributed by atoms with Gasteiger partial charge >= 0.3 is 6.18 Å². The second kappa shape index (κ2) is 7.81. The molecule has 6 nitrogen and oxygen atoms in total. The van der Waals surface area contributed by atoms with Crippen LogP contribution < -0.4 is 15.0 Å². The van der Waals surface area contributed by atoms with Gasteiger partial charge in [0.2, 0.25) is 5.91 Å². The molecule has 0 aliphatic carbocycles. The Balaban J connectivity index is 1.77. The molecule has 27 heavy (non-hydrogen) atoms. The van der Waals surface area contributed by atoms with Crippen LogP contribution in [0.1, 0.15) is 12.8 Å². The van der Waals surface area contributed by atoms with E-state index in [1.807, 2.05) is 17.4 Å². The van der Waals surface area contributed by atoms with Crippen LogP contribution in [-0.2, 0) is 4.79 Å². The molecule has 1 aliphatic rings. The number of hydrogen-bond acceptors (Lipinski definition) is 5. The van der Waals surface area contributed by atoms with Crippen LogP contribution in [0.5, 0.6) is 5.75 Å².